The molecule has 4 fully saturated rings. The third kappa shape index (κ3) is 5.41. The summed E-state index contributed by atoms with van der Waals surface area (Å²) in [6.45, 7) is 11.7. The predicted molar refractivity (Wildman–Crippen MR) is 170 cm³/mol. The number of carbonyl (C=O) groups excluding carboxylic acids is 3. The average molecular weight is 608 g/mol. The molecule has 0 aromatic carbocycles. The van der Waals surface area contributed by atoms with Crippen LogP contribution in [-0.4, -0.2) is 71.1 Å². The zero-order valence-corrected chi connectivity index (χ0v) is 27.4. The molecule has 0 aromatic rings. The number of aliphatic hydroxyl groups excluding tert-OH is 2. The minimum atomic E-state index is -0.611. The van der Waals surface area contributed by atoms with Crippen molar-refractivity contribution in [2.24, 2.45) is 39.9 Å². The Hall–Kier alpha value is -2.35. The molecule has 1 aliphatic heterocycles. The van der Waals surface area contributed by atoms with E-state index in [4.69, 9.17) is 0 Å². The number of carbonyl (C=O) groups is 3. The lowest BCUT2D eigenvalue weighted by atomic mass is 9.44. The second kappa shape index (κ2) is 12.8. The molecule has 9 atom stereocenters. The normalized spacial score (nSPS) is 40.5. The van der Waals surface area contributed by atoms with Crippen LogP contribution >= 0.6 is 0 Å². The maximum atomic E-state index is 13.9. The van der Waals surface area contributed by atoms with E-state index in [1.54, 1.807) is 19.1 Å². The number of fused-ring (bicyclic) bond motifs is 7. The Balaban J connectivity index is 0.000000584. The standard InChI is InChI=1S/C33H45NO4.C4H8O2/c1-21-26-17-27-25-12-11-23-16-24(36)13-14-31(23,2)30(25)28(37)18-32(27,3)33(26,29(38)19-35)20-34(21)15-7-10-22-8-5-4-6-9-22;1-3-6-4(2)5/h4-5,8,13-14,16,21,25-28,30,35,37H,6-7,9-12,15,17-20H2,1-3H3;3H2,1-2H3/t21?,25-,26-,27?,28-,30?,31-,32-,33+;/m0./s1. The molecule has 3 saturated carbocycles. The van der Waals surface area contributed by atoms with E-state index >= 15 is 0 Å². The number of likely N-dealkylation sites (tertiary alicyclic amines) is 1. The van der Waals surface area contributed by atoms with Crippen molar-refractivity contribution in [3.8, 4) is 0 Å². The van der Waals surface area contributed by atoms with E-state index in [0.717, 1.165) is 57.1 Å². The third-order valence-corrected chi connectivity index (χ3v) is 12.7. The minimum absolute atomic E-state index is 0.0154. The highest BCUT2D eigenvalue weighted by Gasteiger charge is 2.74. The van der Waals surface area contributed by atoms with Gasteiger partial charge in [-0.2, -0.15) is 0 Å². The number of hydrogen-bond acceptors (Lipinski definition) is 7. The van der Waals surface area contributed by atoms with Crippen LogP contribution in [0.15, 0.2) is 47.6 Å². The van der Waals surface area contributed by atoms with E-state index in [2.05, 4.69) is 54.7 Å². The van der Waals surface area contributed by atoms with Crippen LogP contribution in [0.1, 0.15) is 86.0 Å². The van der Waals surface area contributed by atoms with Crippen molar-refractivity contribution >= 4 is 17.5 Å². The fraction of sp³-hybridized carbons (Fsp3) is 0.703. The summed E-state index contributed by atoms with van der Waals surface area (Å²) in [5.41, 5.74) is 1.43. The number of ketones is 2. The van der Waals surface area contributed by atoms with E-state index in [-0.39, 0.29) is 46.2 Å². The second-order valence-electron chi connectivity index (χ2n) is 14.6. The lowest BCUT2D eigenvalue weighted by molar-refractivity contribution is -0.159. The molecule has 0 bridgehead atoms. The molecule has 7 nitrogen and oxygen atoms in total. The molecule has 2 N–H and O–H groups in total. The first-order chi connectivity index (χ1) is 20.9. The minimum Gasteiger partial charge on any atom is -0.466 e. The quantitative estimate of drug-likeness (QED) is 0.375. The molecule has 1 saturated heterocycles. The molecule has 5 aliphatic carbocycles. The van der Waals surface area contributed by atoms with Crippen LogP contribution in [0.2, 0.25) is 0 Å². The fourth-order valence-electron chi connectivity index (χ4n) is 10.8. The largest absolute Gasteiger partial charge is 0.466 e. The average Bonchev–Trinajstić information content (AvgIpc) is 3.42. The van der Waals surface area contributed by atoms with Gasteiger partial charge in [-0.15, -0.1) is 0 Å². The summed E-state index contributed by atoms with van der Waals surface area (Å²) >= 11 is 0. The molecule has 1 heterocycles. The first-order valence-electron chi connectivity index (χ1n) is 16.9. The Labute approximate surface area is 263 Å². The van der Waals surface area contributed by atoms with Crippen LogP contribution in [0.4, 0.5) is 0 Å². The van der Waals surface area contributed by atoms with Gasteiger partial charge in [-0.05, 0) is 107 Å². The first kappa shape index (κ1) is 33.0. The molecule has 6 aliphatic rings. The summed E-state index contributed by atoms with van der Waals surface area (Å²) in [4.78, 5) is 38.3. The number of allylic oxidation sites excluding steroid dienone is 8. The van der Waals surface area contributed by atoms with Gasteiger partial charge < -0.3 is 14.9 Å². The van der Waals surface area contributed by atoms with Gasteiger partial charge >= 0.3 is 5.97 Å². The summed E-state index contributed by atoms with van der Waals surface area (Å²) in [5.74, 6) is 0.742. The number of aliphatic hydroxyl groups is 2. The van der Waals surface area contributed by atoms with Gasteiger partial charge in [0.05, 0.1) is 18.1 Å². The predicted octanol–water partition coefficient (Wildman–Crippen LogP) is 5.37. The van der Waals surface area contributed by atoms with Crippen LogP contribution in [0.25, 0.3) is 0 Å². The Bertz CT molecular complexity index is 1260. The second-order valence-corrected chi connectivity index (χ2v) is 14.6. The fourth-order valence-corrected chi connectivity index (χ4v) is 10.8. The molecular weight excluding hydrogens is 554 g/mol. The van der Waals surface area contributed by atoms with E-state index < -0.39 is 18.1 Å². The highest BCUT2D eigenvalue weighted by atomic mass is 16.5. The van der Waals surface area contributed by atoms with Gasteiger partial charge in [-0.1, -0.05) is 49.3 Å². The maximum absolute atomic E-state index is 13.9. The number of esters is 1. The van der Waals surface area contributed by atoms with Gasteiger partial charge in [0.1, 0.15) is 6.61 Å². The summed E-state index contributed by atoms with van der Waals surface area (Å²) in [5, 5.41) is 22.1. The topological polar surface area (TPSA) is 104 Å². The lowest BCUT2D eigenvalue weighted by Gasteiger charge is -2.60. The van der Waals surface area contributed by atoms with Gasteiger partial charge in [0.2, 0.25) is 0 Å². The zero-order valence-electron chi connectivity index (χ0n) is 27.4. The number of Topliss-reactive ketones (excluding diaryl/α,β-unsaturated/α-hetero) is 1. The van der Waals surface area contributed by atoms with Gasteiger partial charge in [-0.3, -0.25) is 19.3 Å². The van der Waals surface area contributed by atoms with Crippen molar-refractivity contribution in [3.63, 3.8) is 0 Å². The molecule has 0 spiro atoms. The molecule has 0 radical (unpaired) electrons. The molecule has 242 valence electrons. The number of ether oxygens (including phenoxy) is 1. The molecule has 0 amide bonds. The Kier molecular flexibility index (Phi) is 9.61. The Morgan fingerprint density at radius 3 is 2.59 bits per heavy atom. The van der Waals surface area contributed by atoms with Gasteiger partial charge in [0.25, 0.3) is 0 Å². The van der Waals surface area contributed by atoms with Crippen molar-refractivity contribution in [1.29, 1.82) is 0 Å². The van der Waals surface area contributed by atoms with Crippen LogP contribution in [0.5, 0.6) is 0 Å². The van der Waals surface area contributed by atoms with Crippen LogP contribution < -0.4 is 0 Å². The van der Waals surface area contributed by atoms with Crippen molar-refractivity contribution in [1.82, 2.24) is 4.90 Å². The monoisotopic (exact) mass is 607 g/mol. The highest BCUT2D eigenvalue weighted by Crippen LogP contribution is 2.73. The third-order valence-electron chi connectivity index (χ3n) is 12.7. The van der Waals surface area contributed by atoms with Crippen LogP contribution in [0.3, 0.4) is 0 Å². The number of rotatable bonds is 7. The number of nitrogens with zero attached hydrogens (tertiary/aromatic N) is 1. The summed E-state index contributed by atoms with van der Waals surface area (Å²) in [6.07, 6.45) is 19.6. The van der Waals surface area contributed by atoms with Crippen molar-refractivity contribution in [3.05, 3.63) is 47.6 Å². The Morgan fingerprint density at radius 2 is 1.95 bits per heavy atom. The maximum Gasteiger partial charge on any atom is 0.302 e. The molecule has 3 unspecified atom stereocenters. The SMILES string of the molecule is CC1[C@@H]2CC3[C@@H]4CCC5=CC(=O)C=C[C@]5(C)C4[C@@H](O)C[C@]3(C)[C@]2(C(=O)CO)CN1CCCC1=CC=CCC1.CCOC(C)=O. The summed E-state index contributed by atoms with van der Waals surface area (Å²) in [7, 11) is 0. The molecule has 7 heteroatoms. The molecular formula is C37H53NO6. The van der Waals surface area contributed by atoms with Crippen LogP contribution in [0, 0.1) is 39.9 Å². The zero-order chi connectivity index (χ0) is 31.9. The van der Waals surface area contributed by atoms with Crippen LogP contribution in [-0.2, 0) is 19.1 Å². The lowest BCUT2D eigenvalue weighted by Crippen LogP contribution is -2.60. The van der Waals surface area contributed by atoms with Gasteiger partial charge in [0.15, 0.2) is 11.6 Å². The van der Waals surface area contributed by atoms with E-state index in [1.165, 1.54) is 12.5 Å². The van der Waals surface area contributed by atoms with E-state index in [9.17, 15) is 24.6 Å². The Morgan fingerprint density at radius 1 is 1.18 bits per heavy atom. The van der Waals surface area contributed by atoms with Crippen molar-refractivity contribution in [2.75, 3.05) is 26.3 Å². The van der Waals surface area contributed by atoms with Gasteiger partial charge in [0, 0.05) is 30.8 Å². The smallest absolute Gasteiger partial charge is 0.302 e. The van der Waals surface area contributed by atoms with Crippen molar-refractivity contribution in [2.45, 2.75) is 98.1 Å². The summed E-state index contributed by atoms with van der Waals surface area (Å²) in [6, 6.07) is 0.283. The number of hydrogen-bond donors (Lipinski definition) is 2. The van der Waals surface area contributed by atoms with E-state index in [0.29, 0.717) is 31.4 Å². The first-order valence-corrected chi connectivity index (χ1v) is 16.9. The molecule has 0 aromatic heterocycles. The molecule has 44 heavy (non-hydrogen) atoms. The van der Waals surface area contributed by atoms with Gasteiger partial charge in [-0.25, -0.2) is 0 Å². The van der Waals surface area contributed by atoms with E-state index in [1.807, 2.05) is 0 Å². The molecule has 6 rings (SSSR count). The summed E-state index contributed by atoms with van der Waals surface area (Å²) < 4.78 is 4.40. The highest BCUT2D eigenvalue weighted by molar-refractivity contribution is 6.01. The van der Waals surface area contributed by atoms with Crippen molar-refractivity contribution < 1.29 is 29.3 Å².